The van der Waals surface area contributed by atoms with Gasteiger partial charge in [0.1, 0.15) is 11.0 Å². The van der Waals surface area contributed by atoms with Crippen LogP contribution < -0.4 is 5.32 Å². The number of rotatable bonds is 6. The van der Waals surface area contributed by atoms with Crippen LogP contribution in [0.25, 0.3) is 0 Å². The second-order valence-electron chi connectivity index (χ2n) is 3.49. The standard InChI is InChI=1S/C10H14N2O3S2/c1-6-3-17-9(11-6)5-16-4-8(10(14)15)12-7(2)13/h3,8H,4-5H2,1-2H3,(H,12,13)(H,14,15)/t8-/m0/s1. The molecule has 1 aromatic heterocycles. The van der Waals surface area contributed by atoms with E-state index in [9.17, 15) is 9.59 Å². The van der Waals surface area contributed by atoms with E-state index in [1.54, 1.807) is 11.3 Å². The van der Waals surface area contributed by atoms with Crippen LogP contribution in [0.4, 0.5) is 0 Å². The first kappa shape index (κ1) is 14.0. The Balaban J connectivity index is 2.37. The van der Waals surface area contributed by atoms with Gasteiger partial charge >= 0.3 is 5.97 Å². The maximum Gasteiger partial charge on any atom is 0.327 e. The summed E-state index contributed by atoms with van der Waals surface area (Å²) in [4.78, 5) is 25.9. The highest BCUT2D eigenvalue weighted by Crippen LogP contribution is 2.17. The van der Waals surface area contributed by atoms with E-state index in [4.69, 9.17) is 5.11 Å². The van der Waals surface area contributed by atoms with Gasteiger partial charge in [-0.05, 0) is 6.92 Å². The van der Waals surface area contributed by atoms with Crippen molar-refractivity contribution in [3.05, 3.63) is 16.1 Å². The van der Waals surface area contributed by atoms with Crippen molar-refractivity contribution in [3.63, 3.8) is 0 Å². The van der Waals surface area contributed by atoms with Crippen LogP contribution in [-0.4, -0.2) is 33.8 Å². The lowest BCUT2D eigenvalue weighted by Gasteiger charge is -2.11. The third-order valence-corrected chi connectivity index (χ3v) is 4.05. The Bertz CT molecular complexity index is 406. The van der Waals surface area contributed by atoms with Gasteiger partial charge < -0.3 is 10.4 Å². The predicted molar refractivity (Wildman–Crippen MR) is 68.3 cm³/mol. The average molecular weight is 274 g/mol. The van der Waals surface area contributed by atoms with E-state index in [-0.39, 0.29) is 5.91 Å². The van der Waals surface area contributed by atoms with Gasteiger partial charge in [-0.1, -0.05) is 0 Å². The maximum atomic E-state index is 10.8. The minimum atomic E-state index is -1.01. The monoisotopic (exact) mass is 274 g/mol. The van der Waals surface area contributed by atoms with E-state index in [1.165, 1.54) is 18.7 Å². The molecule has 5 nitrogen and oxygen atoms in total. The molecule has 1 atom stereocenters. The second kappa shape index (κ2) is 6.61. The molecule has 0 aliphatic carbocycles. The van der Waals surface area contributed by atoms with Gasteiger partial charge in [-0.25, -0.2) is 9.78 Å². The van der Waals surface area contributed by atoms with E-state index in [0.29, 0.717) is 11.5 Å². The van der Waals surface area contributed by atoms with Crippen LogP contribution in [0, 0.1) is 6.92 Å². The summed E-state index contributed by atoms with van der Waals surface area (Å²) in [6.07, 6.45) is 0. The number of carboxylic acid groups (broad SMARTS) is 1. The van der Waals surface area contributed by atoms with E-state index in [0.717, 1.165) is 10.7 Å². The highest BCUT2D eigenvalue weighted by atomic mass is 32.2. The van der Waals surface area contributed by atoms with Gasteiger partial charge in [0.2, 0.25) is 5.91 Å². The van der Waals surface area contributed by atoms with Gasteiger partial charge in [0, 0.05) is 29.5 Å². The number of hydrogen-bond donors (Lipinski definition) is 2. The molecule has 94 valence electrons. The Morgan fingerprint density at radius 3 is 2.82 bits per heavy atom. The van der Waals surface area contributed by atoms with Crippen LogP contribution >= 0.6 is 23.1 Å². The number of carbonyl (C=O) groups excluding carboxylic acids is 1. The van der Waals surface area contributed by atoms with Crippen molar-refractivity contribution < 1.29 is 14.7 Å². The molecule has 0 saturated carbocycles. The molecule has 17 heavy (non-hydrogen) atoms. The molecule has 7 heteroatoms. The molecule has 0 spiro atoms. The third kappa shape index (κ3) is 5.18. The van der Waals surface area contributed by atoms with Crippen molar-refractivity contribution in [1.29, 1.82) is 0 Å². The van der Waals surface area contributed by atoms with Crippen molar-refractivity contribution in [2.75, 3.05) is 5.75 Å². The Morgan fingerprint density at radius 2 is 2.35 bits per heavy atom. The van der Waals surface area contributed by atoms with E-state index < -0.39 is 12.0 Å². The van der Waals surface area contributed by atoms with Gasteiger partial charge in [0.15, 0.2) is 0 Å². The molecule has 0 aliphatic heterocycles. The fraction of sp³-hybridized carbons (Fsp3) is 0.500. The summed E-state index contributed by atoms with van der Waals surface area (Å²) in [5.74, 6) is -0.332. The van der Waals surface area contributed by atoms with Crippen LogP contribution in [0.5, 0.6) is 0 Å². The molecule has 1 amide bonds. The first-order valence-electron chi connectivity index (χ1n) is 4.97. The largest absolute Gasteiger partial charge is 0.480 e. The maximum absolute atomic E-state index is 10.8. The molecule has 0 saturated heterocycles. The molecule has 1 aromatic rings. The molecule has 1 rings (SSSR count). The van der Waals surface area contributed by atoms with Gasteiger partial charge in [0.25, 0.3) is 0 Å². The normalized spacial score (nSPS) is 12.1. The third-order valence-electron chi connectivity index (χ3n) is 1.85. The Labute approximate surface area is 108 Å². The highest BCUT2D eigenvalue weighted by Gasteiger charge is 2.18. The first-order chi connectivity index (χ1) is 7.99. The smallest absolute Gasteiger partial charge is 0.327 e. The lowest BCUT2D eigenvalue weighted by molar-refractivity contribution is -0.140. The van der Waals surface area contributed by atoms with E-state index in [2.05, 4.69) is 10.3 Å². The summed E-state index contributed by atoms with van der Waals surface area (Å²) in [5, 5.41) is 14.2. The summed E-state index contributed by atoms with van der Waals surface area (Å²) in [7, 11) is 0. The number of carbonyl (C=O) groups is 2. The number of nitrogens with one attached hydrogen (secondary N) is 1. The summed E-state index contributed by atoms with van der Waals surface area (Å²) in [6, 6.07) is -0.835. The number of aromatic nitrogens is 1. The van der Waals surface area contributed by atoms with Crippen molar-refractivity contribution in [2.45, 2.75) is 25.6 Å². The van der Waals surface area contributed by atoms with Gasteiger partial charge in [0.05, 0.1) is 0 Å². The van der Waals surface area contributed by atoms with Crippen molar-refractivity contribution in [3.8, 4) is 0 Å². The highest BCUT2D eigenvalue weighted by molar-refractivity contribution is 7.98. The number of thiazole rings is 1. The molecule has 0 bridgehead atoms. The number of carboxylic acids is 1. The average Bonchev–Trinajstić information content (AvgIpc) is 2.62. The Kier molecular flexibility index (Phi) is 5.43. The summed E-state index contributed by atoms with van der Waals surface area (Å²) < 4.78 is 0. The minimum absolute atomic E-state index is 0.330. The zero-order valence-corrected chi connectivity index (χ0v) is 11.2. The summed E-state index contributed by atoms with van der Waals surface area (Å²) in [5.41, 5.74) is 0.974. The van der Waals surface area contributed by atoms with Crippen LogP contribution in [0.1, 0.15) is 17.6 Å². The van der Waals surface area contributed by atoms with Crippen LogP contribution in [-0.2, 0) is 15.3 Å². The SMILES string of the molecule is CC(=O)N[C@@H](CSCc1nc(C)cs1)C(=O)O. The van der Waals surface area contributed by atoms with Crippen molar-refractivity contribution >= 4 is 35.0 Å². The molecule has 0 radical (unpaired) electrons. The van der Waals surface area contributed by atoms with Gasteiger partial charge in [-0.15, -0.1) is 11.3 Å². The lowest BCUT2D eigenvalue weighted by Crippen LogP contribution is -2.41. The van der Waals surface area contributed by atoms with Crippen molar-refractivity contribution in [2.24, 2.45) is 0 Å². The summed E-state index contributed by atoms with van der Waals surface area (Å²) >= 11 is 3.01. The molecular formula is C10H14N2O3S2. The van der Waals surface area contributed by atoms with Gasteiger partial charge in [-0.3, -0.25) is 4.79 Å². The number of nitrogens with zero attached hydrogens (tertiary/aromatic N) is 1. The minimum Gasteiger partial charge on any atom is -0.480 e. The molecular weight excluding hydrogens is 260 g/mol. The molecule has 0 fully saturated rings. The topological polar surface area (TPSA) is 79.3 Å². The van der Waals surface area contributed by atoms with E-state index >= 15 is 0 Å². The molecule has 0 aromatic carbocycles. The Hall–Kier alpha value is -1.08. The fourth-order valence-corrected chi connectivity index (χ4v) is 3.05. The molecule has 0 aliphatic rings. The number of aliphatic carboxylic acids is 1. The van der Waals surface area contributed by atoms with E-state index in [1.807, 2.05) is 12.3 Å². The lowest BCUT2D eigenvalue weighted by atomic mass is 10.3. The molecule has 0 unspecified atom stereocenters. The van der Waals surface area contributed by atoms with Crippen LogP contribution in [0.15, 0.2) is 5.38 Å². The number of aryl methyl sites for hydroxylation is 1. The Morgan fingerprint density at radius 1 is 1.65 bits per heavy atom. The molecule has 2 N–H and O–H groups in total. The quantitative estimate of drug-likeness (QED) is 0.816. The first-order valence-corrected chi connectivity index (χ1v) is 7.01. The van der Waals surface area contributed by atoms with Crippen LogP contribution in [0.2, 0.25) is 0 Å². The second-order valence-corrected chi connectivity index (χ2v) is 5.46. The zero-order valence-electron chi connectivity index (χ0n) is 9.60. The van der Waals surface area contributed by atoms with Crippen molar-refractivity contribution in [1.82, 2.24) is 10.3 Å². The zero-order chi connectivity index (χ0) is 12.8. The summed E-state index contributed by atoms with van der Waals surface area (Å²) in [6.45, 7) is 3.23. The fourth-order valence-electron chi connectivity index (χ4n) is 1.15. The van der Waals surface area contributed by atoms with Gasteiger partial charge in [-0.2, -0.15) is 11.8 Å². The number of amides is 1. The van der Waals surface area contributed by atoms with Crippen LogP contribution in [0.3, 0.4) is 0 Å². The molecule has 1 heterocycles. The predicted octanol–water partition coefficient (Wildman–Crippen LogP) is 1.27. The number of thioether (sulfide) groups is 1. The number of hydrogen-bond acceptors (Lipinski definition) is 5.